The van der Waals surface area contributed by atoms with Crippen molar-refractivity contribution in [1.29, 1.82) is 0 Å². The van der Waals surface area contributed by atoms with Gasteiger partial charge in [0.1, 0.15) is 6.04 Å². The highest BCUT2D eigenvalue weighted by Gasteiger charge is 2.44. The monoisotopic (exact) mass is 426 g/mol. The van der Waals surface area contributed by atoms with Crippen LogP contribution in [0.25, 0.3) is 0 Å². The molecule has 1 aliphatic rings. The van der Waals surface area contributed by atoms with Crippen LogP contribution in [0.15, 0.2) is 42.5 Å². The lowest BCUT2D eigenvalue weighted by Gasteiger charge is -2.33. The second-order valence-corrected chi connectivity index (χ2v) is 7.04. The fourth-order valence-corrected chi connectivity index (χ4v) is 3.92. The van der Waals surface area contributed by atoms with Crippen LogP contribution in [0.5, 0.6) is 11.5 Å². The van der Waals surface area contributed by atoms with Crippen LogP contribution in [-0.2, 0) is 4.79 Å². The Balaban J connectivity index is 2.07. The molecule has 2 aromatic carbocycles. The molecule has 31 heavy (non-hydrogen) atoms. The number of hydrogen-bond donors (Lipinski definition) is 3. The standard InChI is InChI=1S/C22H26N4O5/c1-3-31-18-12-13(8-9-17(18)30-2)16(10-11-25-22(24)29)26-19(20(23)27)14-6-4-5-7-15(14)21(26)28/h4-9,12,16,19H,3,10-11H2,1-2H3,(H2,23,27)(H3,24,25,29). The first-order valence-corrected chi connectivity index (χ1v) is 9.94. The van der Waals surface area contributed by atoms with Crippen LogP contribution in [0.1, 0.15) is 46.9 Å². The SMILES string of the molecule is CCOc1cc(C(CCNC(N)=O)N2C(=O)c3ccccc3C2C(N)=O)ccc1OC. The molecular weight excluding hydrogens is 400 g/mol. The Hall–Kier alpha value is -3.75. The number of ether oxygens (including phenoxy) is 2. The van der Waals surface area contributed by atoms with E-state index < -0.39 is 24.0 Å². The van der Waals surface area contributed by atoms with Crippen molar-refractivity contribution >= 4 is 17.8 Å². The van der Waals surface area contributed by atoms with Gasteiger partial charge in [0, 0.05) is 12.1 Å². The summed E-state index contributed by atoms with van der Waals surface area (Å²) in [5.74, 6) is 0.110. The van der Waals surface area contributed by atoms with Crippen LogP contribution >= 0.6 is 0 Å². The number of nitrogens with one attached hydrogen (secondary N) is 1. The van der Waals surface area contributed by atoms with Crippen molar-refractivity contribution in [2.45, 2.75) is 25.4 Å². The van der Waals surface area contributed by atoms with E-state index in [9.17, 15) is 14.4 Å². The lowest BCUT2D eigenvalue weighted by molar-refractivity contribution is -0.123. The molecule has 1 heterocycles. The summed E-state index contributed by atoms with van der Waals surface area (Å²) in [4.78, 5) is 38.4. The molecule has 9 nitrogen and oxygen atoms in total. The van der Waals surface area contributed by atoms with E-state index in [1.165, 1.54) is 12.0 Å². The van der Waals surface area contributed by atoms with Gasteiger partial charge >= 0.3 is 6.03 Å². The van der Waals surface area contributed by atoms with Gasteiger partial charge in [-0.1, -0.05) is 24.3 Å². The Morgan fingerprint density at radius 1 is 1.16 bits per heavy atom. The summed E-state index contributed by atoms with van der Waals surface area (Å²) in [6.45, 7) is 2.47. The molecule has 0 radical (unpaired) electrons. The molecule has 0 bridgehead atoms. The summed E-state index contributed by atoms with van der Waals surface area (Å²) in [7, 11) is 1.54. The highest BCUT2D eigenvalue weighted by molar-refractivity contribution is 6.04. The molecule has 0 spiro atoms. The van der Waals surface area contributed by atoms with Crippen LogP contribution in [0.4, 0.5) is 4.79 Å². The number of urea groups is 1. The lowest BCUT2D eigenvalue weighted by atomic mass is 9.98. The first-order valence-electron chi connectivity index (χ1n) is 9.94. The molecule has 4 amide bonds. The van der Waals surface area contributed by atoms with Gasteiger partial charge in [-0.15, -0.1) is 0 Å². The van der Waals surface area contributed by atoms with Crippen molar-refractivity contribution in [3.05, 3.63) is 59.2 Å². The zero-order valence-electron chi connectivity index (χ0n) is 17.5. The van der Waals surface area contributed by atoms with Gasteiger partial charge in [-0.25, -0.2) is 4.79 Å². The number of fused-ring (bicyclic) bond motifs is 1. The fourth-order valence-electron chi connectivity index (χ4n) is 3.92. The molecule has 164 valence electrons. The molecule has 9 heteroatoms. The molecule has 0 saturated carbocycles. The minimum Gasteiger partial charge on any atom is -0.493 e. The quantitative estimate of drug-likeness (QED) is 0.562. The van der Waals surface area contributed by atoms with Gasteiger partial charge in [0.2, 0.25) is 5.91 Å². The molecular formula is C22H26N4O5. The second kappa shape index (κ2) is 9.38. The predicted molar refractivity (Wildman–Crippen MR) is 114 cm³/mol. The third kappa shape index (κ3) is 4.40. The number of hydrogen-bond acceptors (Lipinski definition) is 5. The van der Waals surface area contributed by atoms with Crippen LogP contribution in [0.3, 0.4) is 0 Å². The summed E-state index contributed by atoms with van der Waals surface area (Å²) >= 11 is 0. The van der Waals surface area contributed by atoms with E-state index in [0.717, 1.165) is 0 Å². The van der Waals surface area contributed by atoms with Crippen LogP contribution < -0.4 is 26.3 Å². The van der Waals surface area contributed by atoms with E-state index >= 15 is 0 Å². The third-order valence-corrected chi connectivity index (χ3v) is 5.19. The maximum atomic E-state index is 13.3. The normalized spacial score (nSPS) is 15.9. The summed E-state index contributed by atoms with van der Waals surface area (Å²) in [6.07, 6.45) is 0.310. The van der Waals surface area contributed by atoms with Crippen molar-refractivity contribution in [3.8, 4) is 11.5 Å². The smallest absolute Gasteiger partial charge is 0.312 e. The zero-order valence-corrected chi connectivity index (χ0v) is 17.5. The molecule has 0 aromatic heterocycles. The number of rotatable bonds is 9. The number of nitrogens with zero attached hydrogens (tertiary/aromatic N) is 1. The van der Waals surface area contributed by atoms with Gasteiger partial charge in [0.05, 0.1) is 19.8 Å². The zero-order chi connectivity index (χ0) is 22.5. The molecule has 3 rings (SSSR count). The van der Waals surface area contributed by atoms with E-state index in [1.807, 2.05) is 6.92 Å². The molecule has 2 atom stereocenters. The largest absolute Gasteiger partial charge is 0.493 e. The minimum absolute atomic E-state index is 0.196. The van der Waals surface area contributed by atoms with E-state index in [4.69, 9.17) is 20.9 Å². The topological polar surface area (TPSA) is 137 Å². The lowest BCUT2D eigenvalue weighted by Crippen LogP contribution is -2.40. The Labute approximate surface area is 180 Å². The maximum Gasteiger partial charge on any atom is 0.312 e. The van der Waals surface area contributed by atoms with Gasteiger partial charge in [0.15, 0.2) is 11.5 Å². The van der Waals surface area contributed by atoms with Crippen molar-refractivity contribution in [2.75, 3.05) is 20.3 Å². The Morgan fingerprint density at radius 2 is 1.90 bits per heavy atom. The first-order chi connectivity index (χ1) is 14.9. The van der Waals surface area contributed by atoms with Gasteiger partial charge in [-0.3, -0.25) is 9.59 Å². The van der Waals surface area contributed by atoms with Crippen molar-refractivity contribution in [3.63, 3.8) is 0 Å². The Morgan fingerprint density at radius 3 is 2.55 bits per heavy atom. The second-order valence-electron chi connectivity index (χ2n) is 7.04. The molecule has 2 aromatic rings. The van der Waals surface area contributed by atoms with Crippen LogP contribution in [0.2, 0.25) is 0 Å². The molecule has 5 N–H and O–H groups in total. The first kappa shape index (κ1) is 21.9. The van der Waals surface area contributed by atoms with Crippen LogP contribution in [0, 0.1) is 0 Å². The molecule has 0 saturated heterocycles. The average Bonchev–Trinajstić information content (AvgIpc) is 3.04. The van der Waals surface area contributed by atoms with E-state index in [2.05, 4.69) is 5.32 Å². The minimum atomic E-state index is -0.931. The number of primary amides is 2. The summed E-state index contributed by atoms with van der Waals surface area (Å²) in [5.41, 5.74) is 12.6. The highest BCUT2D eigenvalue weighted by atomic mass is 16.5. The van der Waals surface area contributed by atoms with E-state index in [1.54, 1.807) is 42.5 Å². The van der Waals surface area contributed by atoms with Crippen molar-refractivity contribution < 1.29 is 23.9 Å². The number of carbonyl (C=O) groups is 3. The molecule has 0 aliphatic carbocycles. The number of amides is 4. The summed E-state index contributed by atoms with van der Waals surface area (Å²) in [6, 6.07) is 10.0. The molecule has 2 unspecified atom stereocenters. The fraction of sp³-hybridized carbons (Fsp3) is 0.318. The van der Waals surface area contributed by atoms with Crippen molar-refractivity contribution in [2.24, 2.45) is 11.5 Å². The number of carbonyl (C=O) groups excluding carboxylic acids is 3. The number of nitrogens with two attached hydrogens (primary N) is 2. The Kier molecular flexibility index (Phi) is 6.64. The highest BCUT2D eigenvalue weighted by Crippen LogP contribution is 2.42. The third-order valence-electron chi connectivity index (χ3n) is 5.19. The summed E-state index contributed by atoms with van der Waals surface area (Å²) < 4.78 is 11.0. The van der Waals surface area contributed by atoms with Gasteiger partial charge in [-0.05, 0) is 42.7 Å². The predicted octanol–water partition coefficient (Wildman–Crippen LogP) is 1.88. The van der Waals surface area contributed by atoms with Gasteiger partial charge in [0.25, 0.3) is 5.91 Å². The van der Waals surface area contributed by atoms with Gasteiger partial charge in [-0.2, -0.15) is 0 Å². The maximum absolute atomic E-state index is 13.3. The molecule has 1 aliphatic heterocycles. The summed E-state index contributed by atoms with van der Waals surface area (Å²) in [5, 5.41) is 2.54. The van der Waals surface area contributed by atoms with E-state index in [-0.39, 0.29) is 12.5 Å². The molecule has 0 fully saturated rings. The average molecular weight is 426 g/mol. The number of benzene rings is 2. The van der Waals surface area contributed by atoms with Crippen LogP contribution in [-0.4, -0.2) is 43.0 Å². The van der Waals surface area contributed by atoms with E-state index in [0.29, 0.717) is 41.2 Å². The van der Waals surface area contributed by atoms with Crippen molar-refractivity contribution in [1.82, 2.24) is 10.2 Å². The Bertz CT molecular complexity index is 994. The number of methoxy groups -OCH3 is 1. The van der Waals surface area contributed by atoms with Gasteiger partial charge < -0.3 is 31.2 Å².